The van der Waals surface area contributed by atoms with Crippen molar-refractivity contribution < 1.29 is 13.6 Å². The first kappa shape index (κ1) is 18.6. The Hall–Kier alpha value is -3.47. The highest BCUT2D eigenvalue weighted by atomic mass is 19.1. The molecule has 0 amide bonds. The van der Waals surface area contributed by atoms with Crippen molar-refractivity contribution in [3.8, 4) is 0 Å². The van der Waals surface area contributed by atoms with Crippen molar-refractivity contribution in [1.29, 1.82) is 0 Å². The van der Waals surface area contributed by atoms with Crippen molar-refractivity contribution in [1.82, 2.24) is 0 Å². The molecule has 0 spiro atoms. The van der Waals surface area contributed by atoms with Crippen LogP contribution < -0.4 is 10.6 Å². The number of ketones is 1. The molecule has 2 aliphatic rings. The zero-order valence-electron chi connectivity index (χ0n) is 16.2. The van der Waals surface area contributed by atoms with Gasteiger partial charge in [-0.15, -0.1) is 0 Å². The monoisotopic (exact) mass is 402 g/mol. The molecule has 0 unspecified atom stereocenters. The molecule has 30 heavy (non-hydrogen) atoms. The molecule has 150 valence electrons. The summed E-state index contributed by atoms with van der Waals surface area (Å²) in [4.78, 5) is 13.3. The smallest absolute Gasteiger partial charge is 0.163 e. The molecule has 2 N–H and O–H groups in total. The Morgan fingerprint density at radius 2 is 1.57 bits per heavy atom. The topological polar surface area (TPSA) is 41.1 Å². The third kappa shape index (κ3) is 3.26. The number of allylic oxidation sites excluding steroid dienone is 1. The summed E-state index contributed by atoms with van der Waals surface area (Å²) in [6.45, 7) is 0. The van der Waals surface area contributed by atoms with Crippen LogP contribution in [0.25, 0.3) is 0 Å². The molecule has 1 aliphatic carbocycles. The van der Waals surface area contributed by atoms with Gasteiger partial charge < -0.3 is 10.6 Å². The average Bonchev–Trinajstić information content (AvgIpc) is 2.93. The quantitative estimate of drug-likeness (QED) is 0.557. The van der Waals surface area contributed by atoms with Gasteiger partial charge in [-0.3, -0.25) is 4.79 Å². The van der Waals surface area contributed by atoms with E-state index < -0.39 is 17.7 Å². The van der Waals surface area contributed by atoms with E-state index in [4.69, 9.17) is 0 Å². The van der Waals surface area contributed by atoms with Crippen molar-refractivity contribution in [2.24, 2.45) is 0 Å². The van der Waals surface area contributed by atoms with E-state index >= 15 is 0 Å². The van der Waals surface area contributed by atoms with Crippen LogP contribution in [0, 0.1) is 11.6 Å². The average molecular weight is 402 g/mol. The molecule has 2 atom stereocenters. The van der Waals surface area contributed by atoms with Crippen LogP contribution in [0.5, 0.6) is 0 Å². The molecule has 0 aromatic heterocycles. The maximum atomic E-state index is 14.7. The fraction of sp³-hybridized carbons (Fsp3) is 0.160. The number of para-hydroxylation sites is 2. The van der Waals surface area contributed by atoms with Gasteiger partial charge in [0.15, 0.2) is 5.78 Å². The van der Waals surface area contributed by atoms with Crippen molar-refractivity contribution in [3.05, 3.63) is 107 Å². The van der Waals surface area contributed by atoms with Crippen LogP contribution >= 0.6 is 0 Å². The van der Waals surface area contributed by atoms with Crippen LogP contribution in [0.4, 0.5) is 20.2 Å². The van der Waals surface area contributed by atoms with Crippen LogP contribution in [-0.4, -0.2) is 5.78 Å². The number of rotatable bonds is 2. The Labute approximate surface area is 173 Å². The van der Waals surface area contributed by atoms with Gasteiger partial charge >= 0.3 is 0 Å². The minimum Gasteiger partial charge on any atom is -0.372 e. The molecule has 5 rings (SSSR count). The molecule has 0 saturated carbocycles. The predicted octanol–water partition coefficient (Wildman–Crippen LogP) is 5.94. The minimum absolute atomic E-state index is 0.0354. The van der Waals surface area contributed by atoms with Gasteiger partial charge in [-0.25, -0.2) is 8.78 Å². The standard InChI is InChI=1S/C25H20F2N2O/c26-17-10-11-19(27)18(14-17)25-24-22(28-20-8-4-5-9-21(20)29-25)12-16(13-23(24)30)15-6-2-1-3-7-15/h1-11,14,16,25,28-29H,12-13H2/t16-,25+/m0/s1. The normalized spacial score (nSPS) is 20.5. The number of carbonyl (C=O) groups is 1. The highest BCUT2D eigenvalue weighted by Gasteiger charge is 2.37. The zero-order valence-corrected chi connectivity index (χ0v) is 16.2. The maximum absolute atomic E-state index is 14.7. The lowest BCUT2D eigenvalue weighted by Crippen LogP contribution is -2.27. The second-order valence-electron chi connectivity index (χ2n) is 7.75. The molecule has 0 saturated heterocycles. The minimum atomic E-state index is -0.768. The molecule has 0 bridgehead atoms. The molecule has 3 aromatic rings. The van der Waals surface area contributed by atoms with Gasteiger partial charge in [0.1, 0.15) is 11.6 Å². The number of benzene rings is 3. The lowest BCUT2D eigenvalue weighted by molar-refractivity contribution is -0.116. The van der Waals surface area contributed by atoms with Crippen molar-refractivity contribution in [2.45, 2.75) is 24.8 Å². The number of hydrogen-bond acceptors (Lipinski definition) is 3. The Kier molecular flexibility index (Phi) is 4.58. The zero-order chi connectivity index (χ0) is 20.7. The van der Waals surface area contributed by atoms with Crippen molar-refractivity contribution in [2.75, 3.05) is 10.6 Å². The Morgan fingerprint density at radius 3 is 2.37 bits per heavy atom. The van der Waals surface area contributed by atoms with Gasteiger partial charge in [0.2, 0.25) is 0 Å². The molecule has 3 nitrogen and oxygen atoms in total. The highest BCUT2D eigenvalue weighted by Crippen LogP contribution is 2.44. The van der Waals surface area contributed by atoms with Gasteiger partial charge in [0.25, 0.3) is 0 Å². The second kappa shape index (κ2) is 7.41. The van der Waals surface area contributed by atoms with Gasteiger partial charge in [-0.05, 0) is 48.2 Å². The molecule has 5 heteroatoms. The van der Waals surface area contributed by atoms with Crippen LogP contribution in [0.15, 0.2) is 84.1 Å². The van der Waals surface area contributed by atoms with E-state index in [1.54, 1.807) is 0 Å². The maximum Gasteiger partial charge on any atom is 0.163 e. The fourth-order valence-electron chi connectivity index (χ4n) is 4.42. The summed E-state index contributed by atoms with van der Waals surface area (Å²) in [7, 11) is 0. The number of halogens is 2. The first-order valence-corrected chi connectivity index (χ1v) is 9.99. The number of Topliss-reactive ketones (excluding diaryl/α,β-unsaturated/α-hetero) is 1. The Morgan fingerprint density at radius 1 is 0.833 bits per heavy atom. The molecule has 0 radical (unpaired) electrons. The number of nitrogens with one attached hydrogen (secondary N) is 2. The number of anilines is 2. The first-order valence-electron chi connectivity index (χ1n) is 9.99. The summed E-state index contributed by atoms with van der Waals surface area (Å²) in [6.07, 6.45) is 0.949. The summed E-state index contributed by atoms with van der Waals surface area (Å²) < 4.78 is 28.7. The van der Waals surface area contributed by atoms with E-state index in [1.807, 2.05) is 54.6 Å². The summed E-state index contributed by atoms with van der Waals surface area (Å²) in [5.41, 5.74) is 4.01. The van der Waals surface area contributed by atoms with Crippen LogP contribution in [0.2, 0.25) is 0 Å². The Bertz CT molecular complexity index is 1160. The first-order chi connectivity index (χ1) is 14.6. The van der Waals surface area contributed by atoms with Crippen molar-refractivity contribution >= 4 is 17.2 Å². The SMILES string of the molecule is O=C1C[C@@H](c2ccccc2)CC2=C1[C@@H](c1cc(F)ccc1F)Nc1ccccc1N2. The van der Waals surface area contributed by atoms with Gasteiger partial charge in [-0.1, -0.05) is 42.5 Å². The van der Waals surface area contributed by atoms with E-state index in [1.165, 1.54) is 6.07 Å². The van der Waals surface area contributed by atoms with Gasteiger partial charge in [0.05, 0.1) is 17.4 Å². The molecular formula is C25H20F2N2O. The predicted molar refractivity (Wildman–Crippen MR) is 113 cm³/mol. The van der Waals surface area contributed by atoms with E-state index in [2.05, 4.69) is 10.6 Å². The van der Waals surface area contributed by atoms with E-state index in [0.29, 0.717) is 18.4 Å². The lowest BCUT2D eigenvalue weighted by Gasteiger charge is -2.30. The largest absolute Gasteiger partial charge is 0.372 e. The summed E-state index contributed by atoms with van der Waals surface area (Å²) in [6, 6.07) is 20.1. The van der Waals surface area contributed by atoms with Gasteiger partial charge in [-0.2, -0.15) is 0 Å². The second-order valence-corrected chi connectivity index (χ2v) is 7.75. The molecule has 1 aliphatic heterocycles. The third-order valence-electron chi connectivity index (χ3n) is 5.85. The Balaban J connectivity index is 1.65. The van der Waals surface area contributed by atoms with Crippen LogP contribution in [0.3, 0.4) is 0 Å². The molecular weight excluding hydrogens is 382 g/mol. The third-order valence-corrected chi connectivity index (χ3v) is 5.85. The molecule has 3 aromatic carbocycles. The summed E-state index contributed by atoms with van der Waals surface area (Å²) in [5.74, 6) is -1.11. The number of hydrogen-bond donors (Lipinski definition) is 2. The summed E-state index contributed by atoms with van der Waals surface area (Å²) >= 11 is 0. The van der Waals surface area contributed by atoms with Gasteiger partial charge in [0, 0.05) is 23.3 Å². The molecule has 0 fully saturated rings. The lowest BCUT2D eigenvalue weighted by atomic mass is 9.78. The highest BCUT2D eigenvalue weighted by molar-refractivity contribution is 6.01. The van der Waals surface area contributed by atoms with E-state index in [-0.39, 0.29) is 17.3 Å². The fourth-order valence-corrected chi connectivity index (χ4v) is 4.42. The number of fused-ring (bicyclic) bond motifs is 1. The van der Waals surface area contributed by atoms with E-state index in [0.717, 1.165) is 34.8 Å². The van der Waals surface area contributed by atoms with E-state index in [9.17, 15) is 13.6 Å². The van der Waals surface area contributed by atoms with Crippen molar-refractivity contribution in [3.63, 3.8) is 0 Å². The molecule has 1 heterocycles. The number of carbonyl (C=O) groups excluding carboxylic acids is 1. The summed E-state index contributed by atoms with van der Waals surface area (Å²) in [5, 5.41) is 6.69. The van der Waals surface area contributed by atoms with Crippen LogP contribution in [0.1, 0.15) is 35.9 Å². The van der Waals surface area contributed by atoms with Crippen LogP contribution in [-0.2, 0) is 4.79 Å².